The Morgan fingerprint density at radius 3 is 1.96 bits per heavy atom. The Bertz CT molecular complexity index is 1690. The minimum Gasteiger partial charge on any atom is -0.497 e. The maximum Gasteiger partial charge on any atom is 0.264 e. The van der Waals surface area contributed by atoms with E-state index in [4.69, 9.17) is 9.47 Å². The average molecular weight is 644 g/mol. The SMILES string of the molecule is CCC(C)NC(=O)C(Cc1ccccc1)N(Cc1ccccc1)C(=O)CN(c1cc(OC)ccc1OC)S(=O)(=O)c1ccccc1. The predicted molar refractivity (Wildman–Crippen MR) is 179 cm³/mol. The molecule has 0 aliphatic rings. The summed E-state index contributed by atoms with van der Waals surface area (Å²) in [5.41, 5.74) is 1.78. The summed E-state index contributed by atoms with van der Waals surface area (Å²) in [6, 6.07) is 30.4. The van der Waals surface area contributed by atoms with Crippen molar-refractivity contribution in [1.29, 1.82) is 0 Å². The van der Waals surface area contributed by atoms with Crippen molar-refractivity contribution in [2.75, 3.05) is 25.1 Å². The number of ether oxygens (including phenoxy) is 2. The first-order valence-electron chi connectivity index (χ1n) is 15.1. The van der Waals surface area contributed by atoms with Gasteiger partial charge in [-0.1, -0.05) is 85.8 Å². The quantitative estimate of drug-likeness (QED) is 0.185. The van der Waals surface area contributed by atoms with Gasteiger partial charge in [0, 0.05) is 25.1 Å². The molecular weight excluding hydrogens is 602 g/mol. The molecule has 242 valence electrons. The summed E-state index contributed by atoms with van der Waals surface area (Å²) >= 11 is 0. The molecular formula is C36H41N3O6S. The standard InChI is InChI=1S/C36H41N3O6S/c1-5-27(2)37-36(41)33(23-28-15-9-6-10-16-28)38(25-29-17-11-7-12-18-29)35(40)26-39(46(42,43)31-19-13-8-14-20-31)32-24-30(44-3)21-22-34(32)45-4/h6-22,24,27,33H,5,23,25-26H2,1-4H3,(H,37,41). The molecule has 0 bridgehead atoms. The summed E-state index contributed by atoms with van der Waals surface area (Å²) in [5.74, 6) is -0.266. The number of rotatable bonds is 15. The second-order valence-electron chi connectivity index (χ2n) is 10.9. The largest absolute Gasteiger partial charge is 0.497 e. The van der Waals surface area contributed by atoms with E-state index in [-0.39, 0.29) is 41.2 Å². The van der Waals surface area contributed by atoms with Crippen LogP contribution in [0.3, 0.4) is 0 Å². The molecule has 0 aliphatic heterocycles. The first kappa shape index (κ1) is 34.1. The van der Waals surface area contributed by atoms with Crippen molar-refractivity contribution < 1.29 is 27.5 Å². The Hall–Kier alpha value is -4.83. The highest BCUT2D eigenvalue weighted by atomic mass is 32.2. The van der Waals surface area contributed by atoms with Gasteiger partial charge < -0.3 is 19.7 Å². The lowest BCUT2D eigenvalue weighted by atomic mass is 10.0. The highest BCUT2D eigenvalue weighted by Crippen LogP contribution is 2.36. The maximum absolute atomic E-state index is 14.6. The van der Waals surface area contributed by atoms with Crippen LogP contribution >= 0.6 is 0 Å². The zero-order valence-corrected chi connectivity index (χ0v) is 27.4. The monoisotopic (exact) mass is 643 g/mol. The molecule has 2 amide bonds. The first-order chi connectivity index (χ1) is 22.2. The fraction of sp³-hybridized carbons (Fsp3) is 0.278. The van der Waals surface area contributed by atoms with Crippen LogP contribution in [-0.2, 0) is 32.6 Å². The summed E-state index contributed by atoms with van der Waals surface area (Å²) < 4.78 is 40.6. The van der Waals surface area contributed by atoms with E-state index in [0.29, 0.717) is 12.2 Å². The molecule has 0 saturated heterocycles. The molecule has 2 unspecified atom stereocenters. The van der Waals surface area contributed by atoms with Crippen molar-refractivity contribution in [2.45, 2.75) is 50.2 Å². The van der Waals surface area contributed by atoms with Gasteiger partial charge in [-0.2, -0.15) is 0 Å². The number of nitrogens with one attached hydrogen (secondary N) is 1. The topological polar surface area (TPSA) is 105 Å². The number of carbonyl (C=O) groups excluding carboxylic acids is 2. The lowest BCUT2D eigenvalue weighted by Gasteiger charge is -2.34. The van der Waals surface area contributed by atoms with Gasteiger partial charge in [0.25, 0.3) is 10.0 Å². The van der Waals surface area contributed by atoms with Crippen LogP contribution in [-0.4, -0.2) is 58.0 Å². The number of hydrogen-bond donors (Lipinski definition) is 1. The third kappa shape index (κ3) is 8.45. The third-order valence-electron chi connectivity index (χ3n) is 7.73. The van der Waals surface area contributed by atoms with E-state index in [1.165, 1.54) is 37.3 Å². The third-order valence-corrected chi connectivity index (χ3v) is 9.51. The zero-order valence-electron chi connectivity index (χ0n) is 26.6. The molecule has 0 fully saturated rings. The molecule has 10 heteroatoms. The Balaban J connectivity index is 1.85. The summed E-state index contributed by atoms with van der Waals surface area (Å²) in [6.45, 7) is 3.36. The van der Waals surface area contributed by atoms with Crippen LogP contribution in [0.15, 0.2) is 114 Å². The Kier molecular flexibility index (Phi) is 11.8. The Labute approximate surface area is 271 Å². The molecule has 0 radical (unpaired) electrons. The smallest absolute Gasteiger partial charge is 0.264 e. The van der Waals surface area contributed by atoms with Crippen molar-refractivity contribution in [2.24, 2.45) is 0 Å². The van der Waals surface area contributed by atoms with Crippen LogP contribution in [0.1, 0.15) is 31.4 Å². The van der Waals surface area contributed by atoms with E-state index in [1.54, 1.807) is 30.3 Å². The highest BCUT2D eigenvalue weighted by Gasteiger charge is 2.36. The molecule has 0 spiro atoms. The number of sulfonamides is 1. The highest BCUT2D eigenvalue weighted by molar-refractivity contribution is 7.92. The molecule has 4 aromatic rings. The second-order valence-corrected chi connectivity index (χ2v) is 12.8. The summed E-state index contributed by atoms with van der Waals surface area (Å²) in [6.07, 6.45) is 0.935. The Morgan fingerprint density at radius 1 is 0.804 bits per heavy atom. The number of carbonyl (C=O) groups is 2. The van der Waals surface area contributed by atoms with Gasteiger partial charge in [-0.05, 0) is 48.7 Å². The van der Waals surface area contributed by atoms with Crippen LogP contribution in [0.5, 0.6) is 11.5 Å². The van der Waals surface area contributed by atoms with Crippen molar-refractivity contribution >= 4 is 27.5 Å². The van der Waals surface area contributed by atoms with E-state index in [9.17, 15) is 18.0 Å². The lowest BCUT2D eigenvalue weighted by molar-refractivity contribution is -0.140. The molecule has 4 aromatic carbocycles. The van der Waals surface area contributed by atoms with Gasteiger partial charge in [-0.15, -0.1) is 0 Å². The Morgan fingerprint density at radius 2 is 1.39 bits per heavy atom. The predicted octanol–water partition coefficient (Wildman–Crippen LogP) is 5.45. The van der Waals surface area contributed by atoms with E-state index in [2.05, 4.69) is 5.32 Å². The molecule has 0 aromatic heterocycles. The maximum atomic E-state index is 14.6. The molecule has 0 aliphatic carbocycles. The van der Waals surface area contributed by atoms with Crippen molar-refractivity contribution in [3.63, 3.8) is 0 Å². The van der Waals surface area contributed by atoms with Crippen LogP contribution < -0.4 is 19.1 Å². The number of benzene rings is 4. The molecule has 1 N–H and O–H groups in total. The van der Waals surface area contributed by atoms with Crippen LogP contribution in [0.2, 0.25) is 0 Å². The molecule has 46 heavy (non-hydrogen) atoms. The van der Waals surface area contributed by atoms with Gasteiger partial charge in [-0.3, -0.25) is 13.9 Å². The molecule has 0 saturated carbocycles. The number of amides is 2. The molecule has 0 heterocycles. The molecule has 4 rings (SSSR count). The first-order valence-corrected chi connectivity index (χ1v) is 16.6. The van der Waals surface area contributed by atoms with E-state index in [0.717, 1.165) is 15.4 Å². The van der Waals surface area contributed by atoms with Gasteiger partial charge in [-0.25, -0.2) is 8.42 Å². The molecule has 2 atom stereocenters. The van der Waals surface area contributed by atoms with Crippen LogP contribution in [0.4, 0.5) is 5.69 Å². The summed E-state index contributed by atoms with van der Waals surface area (Å²) in [5, 5.41) is 3.04. The minimum absolute atomic E-state index is 0.00219. The number of hydrogen-bond acceptors (Lipinski definition) is 6. The fourth-order valence-electron chi connectivity index (χ4n) is 5.00. The van der Waals surface area contributed by atoms with E-state index in [1.807, 2.05) is 74.5 Å². The normalized spacial score (nSPS) is 12.4. The van der Waals surface area contributed by atoms with E-state index < -0.39 is 28.5 Å². The summed E-state index contributed by atoms with van der Waals surface area (Å²) in [4.78, 5) is 30.0. The number of anilines is 1. The van der Waals surface area contributed by atoms with Gasteiger partial charge in [0.05, 0.1) is 24.8 Å². The van der Waals surface area contributed by atoms with E-state index >= 15 is 0 Å². The van der Waals surface area contributed by atoms with Crippen molar-refractivity contribution in [1.82, 2.24) is 10.2 Å². The van der Waals surface area contributed by atoms with Gasteiger partial charge in [0.2, 0.25) is 11.8 Å². The summed E-state index contributed by atoms with van der Waals surface area (Å²) in [7, 11) is -1.39. The average Bonchev–Trinajstić information content (AvgIpc) is 3.09. The van der Waals surface area contributed by atoms with Crippen molar-refractivity contribution in [3.8, 4) is 11.5 Å². The van der Waals surface area contributed by atoms with Crippen molar-refractivity contribution in [3.05, 3.63) is 120 Å². The minimum atomic E-state index is -4.29. The van der Waals surface area contributed by atoms with Gasteiger partial charge in [0.1, 0.15) is 24.1 Å². The number of methoxy groups -OCH3 is 2. The van der Waals surface area contributed by atoms with Gasteiger partial charge >= 0.3 is 0 Å². The van der Waals surface area contributed by atoms with Crippen LogP contribution in [0, 0.1) is 0 Å². The molecule has 9 nitrogen and oxygen atoms in total. The van der Waals surface area contributed by atoms with Crippen LogP contribution in [0.25, 0.3) is 0 Å². The lowest BCUT2D eigenvalue weighted by Crippen LogP contribution is -2.54. The zero-order chi connectivity index (χ0) is 33.1. The fourth-order valence-corrected chi connectivity index (χ4v) is 6.44. The van der Waals surface area contributed by atoms with Gasteiger partial charge in [0.15, 0.2) is 0 Å². The second kappa shape index (κ2) is 15.9. The number of nitrogens with zero attached hydrogens (tertiary/aromatic N) is 2.